The van der Waals surface area contributed by atoms with Crippen molar-refractivity contribution in [2.24, 2.45) is 0 Å². The number of benzene rings is 2. The summed E-state index contributed by atoms with van der Waals surface area (Å²) >= 11 is 9.69. The Kier molecular flexibility index (Phi) is 8.78. The largest absolute Gasteiger partial charge is 0.302 e. The monoisotopic (exact) mass is 475 g/mol. The number of likely N-dealkylation sites (N-methyl/N-ethyl adjacent to an activating group) is 1. The van der Waals surface area contributed by atoms with E-state index in [1.807, 2.05) is 34.9 Å². The first-order valence-corrected chi connectivity index (χ1v) is 12.8. The molecule has 0 spiro atoms. The van der Waals surface area contributed by atoms with Gasteiger partial charge < -0.3 is 4.90 Å². The van der Waals surface area contributed by atoms with E-state index in [1.54, 1.807) is 0 Å². The summed E-state index contributed by atoms with van der Waals surface area (Å²) in [7, 11) is 0. The molecule has 0 saturated heterocycles. The Balaban J connectivity index is 1.82. The predicted molar refractivity (Wildman–Crippen MR) is 136 cm³/mol. The van der Waals surface area contributed by atoms with Crippen LogP contribution in [0.3, 0.4) is 0 Å². The summed E-state index contributed by atoms with van der Waals surface area (Å²) in [5, 5.41) is 1.87. The van der Waals surface area contributed by atoms with Crippen molar-refractivity contribution in [2.75, 3.05) is 31.1 Å². The number of rotatable bonds is 10. The second-order valence-electron chi connectivity index (χ2n) is 7.64. The third kappa shape index (κ3) is 6.45. The zero-order chi connectivity index (χ0) is 22.4. The molecule has 31 heavy (non-hydrogen) atoms. The average Bonchev–Trinajstić information content (AvgIpc) is 3.17. The Morgan fingerprint density at radius 2 is 1.81 bits per heavy atom. The molecule has 0 N–H and O–H groups in total. The van der Waals surface area contributed by atoms with E-state index in [0.717, 1.165) is 35.4 Å². The van der Waals surface area contributed by atoms with Gasteiger partial charge in [-0.2, -0.15) is 0 Å². The molecule has 0 atom stereocenters. The molecule has 0 bridgehead atoms. The number of halogens is 1. The van der Waals surface area contributed by atoms with Crippen molar-refractivity contribution in [1.82, 2.24) is 9.88 Å². The smallest absolute Gasteiger partial charge is 0.233 e. The lowest BCUT2D eigenvalue weighted by Crippen LogP contribution is -2.39. The van der Waals surface area contributed by atoms with Crippen LogP contribution in [0.15, 0.2) is 47.4 Å². The first-order valence-electron chi connectivity index (χ1n) is 10.7. The van der Waals surface area contributed by atoms with Crippen molar-refractivity contribution in [1.29, 1.82) is 0 Å². The van der Waals surface area contributed by atoms with E-state index in [9.17, 15) is 4.79 Å². The van der Waals surface area contributed by atoms with E-state index in [0.29, 0.717) is 28.4 Å². The highest BCUT2D eigenvalue weighted by molar-refractivity contribution is 7.99. The third-order valence-corrected chi connectivity index (χ3v) is 7.44. The van der Waals surface area contributed by atoms with Crippen molar-refractivity contribution in [3.63, 3.8) is 0 Å². The van der Waals surface area contributed by atoms with Gasteiger partial charge in [0.05, 0.1) is 16.1 Å². The molecule has 7 heteroatoms. The predicted octanol–water partition coefficient (Wildman–Crippen LogP) is 6.37. The van der Waals surface area contributed by atoms with Crippen molar-refractivity contribution in [3.05, 3.63) is 53.1 Å². The van der Waals surface area contributed by atoms with Crippen LogP contribution in [-0.4, -0.2) is 47.2 Å². The van der Waals surface area contributed by atoms with E-state index in [2.05, 4.69) is 56.9 Å². The molecule has 1 heterocycles. The minimum Gasteiger partial charge on any atom is -0.302 e. The summed E-state index contributed by atoms with van der Waals surface area (Å²) in [6.07, 6.45) is 0.356. The van der Waals surface area contributed by atoms with Gasteiger partial charge in [0.2, 0.25) is 5.91 Å². The van der Waals surface area contributed by atoms with Crippen LogP contribution >= 0.6 is 34.7 Å². The van der Waals surface area contributed by atoms with Crippen LogP contribution in [0.4, 0.5) is 5.13 Å². The van der Waals surface area contributed by atoms with Crippen LogP contribution in [0.5, 0.6) is 0 Å². The van der Waals surface area contributed by atoms with Gasteiger partial charge in [-0.15, -0.1) is 11.8 Å². The van der Waals surface area contributed by atoms with Crippen molar-refractivity contribution in [3.8, 4) is 0 Å². The van der Waals surface area contributed by atoms with Crippen molar-refractivity contribution in [2.45, 2.75) is 44.3 Å². The Morgan fingerprint density at radius 3 is 2.42 bits per heavy atom. The number of thioether (sulfide) groups is 1. The number of hydrogen-bond acceptors (Lipinski definition) is 5. The maximum atomic E-state index is 13.4. The van der Waals surface area contributed by atoms with Gasteiger partial charge in [-0.25, -0.2) is 4.98 Å². The normalized spacial score (nSPS) is 11.6. The summed E-state index contributed by atoms with van der Waals surface area (Å²) in [6, 6.07) is 14.1. The van der Waals surface area contributed by atoms with Gasteiger partial charge >= 0.3 is 0 Å². The standard InChI is InChI=1S/C24H30ClN3OS2/c1-5-27(6-2)14-15-28(24-26-23-20(25)8-7-9-21(23)31-24)22(29)16-18-10-12-19(13-11-18)30-17(3)4/h7-13,17H,5-6,14-16H2,1-4H3. The molecule has 0 fully saturated rings. The Hall–Kier alpha value is -1.60. The molecular weight excluding hydrogens is 446 g/mol. The molecule has 2 aromatic carbocycles. The number of fused-ring (bicyclic) bond motifs is 1. The Morgan fingerprint density at radius 1 is 1.10 bits per heavy atom. The van der Waals surface area contributed by atoms with Crippen molar-refractivity contribution >= 4 is 56.0 Å². The van der Waals surface area contributed by atoms with E-state index >= 15 is 0 Å². The Labute approximate surface area is 198 Å². The molecule has 166 valence electrons. The highest BCUT2D eigenvalue weighted by atomic mass is 35.5. The quantitative estimate of drug-likeness (QED) is 0.319. The van der Waals surface area contributed by atoms with Crippen LogP contribution in [0, 0.1) is 0 Å². The molecular formula is C24H30ClN3OS2. The van der Waals surface area contributed by atoms with Gasteiger partial charge in [0.1, 0.15) is 5.52 Å². The summed E-state index contributed by atoms with van der Waals surface area (Å²) in [5.74, 6) is 0.0617. The number of aromatic nitrogens is 1. The van der Waals surface area contributed by atoms with E-state index < -0.39 is 0 Å². The second-order valence-corrected chi connectivity index (χ2v) is 10.7. The lowest BCUT2D eigenvalue weighted by atomic mass is 10.1. The van der Waals surface area contributed by atoms with Gasteiger partial charge in [-0.3, -0.25) is 9.69 Å². The lowest BCUT2D eigenvalue weighted by Gasteiger charge is -2.24. The molecule has 3 rings (SSSR count). The molecule has 0 aliphatic carbocycles. The lowest BCUT2D eigenvalue weighted by molar-refractivity contribution is -0.118. The molecule has 4 nitrogen and oxygen atoms in total. The molecule has 0 unspecified atom stereocenters. The number of amides is 1. The Bertz CT molecular complexity index is 1000. The fourth-order valence-corrected chi connectivity index (χ4v) is 5.50. The maximum absolute atomic E-state index is 13.4. The minimum atomic E-state index is 0.0617. The number of carbonyl (C=O) groups excluding carboxylic acids is 1. The van der Waals surface area contributed by atoms with Gasteiger partial charge in [0.25, 0.3) is 0 Å². The minimum absolute atomic E-state index is 0.0617. The van der Waals surface area contributed by atoms with Crippen LogP contribution in [0.1, 0.15) is 33.3 Å². The van der Waals surface area contributed by atoms with Crippen LogP contribution < -0.4 is 4.90 Å². The van der Waals surface area contributed by atoms with Gasteiger partial charge in [-0.1, -0.05) is 68.8 Å². The molecule has 1 amide bonds. The molecule has 1 aromatic heterocycles. The van der Waals surface area contributed by atoms with Crippen LogP contribution in [0.25, 0.3) is 10.2 Å². The fraction of sp³-hybridized carbons (Fsp3) is 0.417. The fourth-order valence-electron chi connectivity index (χ4n) is 3.36. The zero-order valence-corrected chi connectivity index (χ0v) is 21.0. The number of anilines is 1. The van der Waals surface area contributed by atoms with E-state index in [4.69, 9.17) is 16.6 Å². The summed E-state index contributed by atoms with van der Waals surface area (Å²) in [5.41, 5.74) is 1.78. The van der Waals surface area contributed by atoms with Gasteiger partial charge in [0, 0.05) is 23.2 Å². The number of nitrogens with zero attached hydrogens (tertiary/aromatic N) is 3. The van der Waals surface area contributed by atoms with Crippen LogP contribution in [0.2, 0.25) is 5.02 Å². The van der Waals surface area contributed by atoms with Crippen molar-refractivity contribution < 1.29 is 4.79 Å². The average molecular weight is 476 g/mol. The summed E-state index contributed by atoms with van der Waals surface area (Å²) in [4.78, 5) is 23.5. The van der Waals surface area contributed by atoms with E-state index in [1.165, 1.54) is 16.2 Å². The number of para-hydroxylation sites is 1. The highest BCUT2D eigenvalue weighted by Crippen LogP contribution is 2.33. The number of carbonyl (C=O) groups is 1. The maximum Gasteiger partial charge on any atom is 0.233 e. The van der Waals surface area contributed by atoms with Crippen LogP contribution in [-0.2, 0) is 11.2 Å². The number of thiazole rings is 1. The van der Waals surface area contributed by atoms with E-state index in [-0.39, 0.29) is 5.91 Å². The van der Waals surface area contributed by atoms with Gasteiger partial charge in [0.15, 0.2) is 5.13 Å². The zero-order valence-electron chi connectivity index (χ0n) is 18.6. The number of hydrogen-bond donors (Lipinski definition) is 0. The topological polar surface area (TPSA) is 36.4 Å². The summed E-state index contributed by atoms with van der Waals surface area (Å²) in [6.45, 7) is 12.0. The summed E-state index contributed by atoms with van der Waals surface area (Å²) < 4.78 is 0.998. The first kappa shape index (κ1) is 24.1. The first-order chi connectivity index (χ1) is 14.9. The molecule has 3 aromatic rings. The highest BCUT2D eigenvalue weighted by Gasteiger charge is 2.21. The molecule has 0 aliphatic heterocycles. The third-order valence-electron chi connectivity index (χ3n) is 5.08. The SMILES string of the molecule is CCN(CC)CCN(C(=O)Cc1ccc(SC(C)C)cc1)c1nc2c(Cl)cccc2s1. The van der Waals surface area contributed by atoms with Gasteiger partial charge in [-0.05, 0) is 42.9 Å². The molecule has 0 radical (unpaired) electrons. The molecule has 0 saturated carbocycles. The second kappa shape index (κ2) is 11.3. The molecule has 0 aliphatic rings.